The molecule has 2 N–H and O–H groups in total. The third-order valence-electron chi connectivity index (χ3n) is 4.66. The lowest BCUT2D eigenvalue weighted by Gasteiger charge is -2.30. The van der Waals surface area contributed by atoms with Crippen LogP contribution >= 0.6 is 11.8 Å². The van der Waals surface area contributed by atoms with Gasteiger partial charge in [0.2, 0.25) is 5.91 Å². The van der Waals surface area contributed by atoms with Crippen LogP contribution in [-0.4, -0.2) is 60.9 Å². The Morgan fingerprint density at radius 2 is 1.85 bits per heavy atom. The van der Waals surface area contributed by atoms with Crippen LogP contribution in [0.25, 0.3) is 0 Å². The lowest BCUT2D eigenvalue weighted by molar-refractivity contribution is -0.324. The fourth-order valence-corrected chi connectivity index (χ4v) is 4.46. The van der Waals surface area contributed by atoms with Crippen molar-refractivity contribution in [2.24, 2.45) is 0 Å². The molecule has 0 spiro atoms. The molecular formula is C18H24N2O6S. The molecule has 1 unspecified atom stereocenters. The zero-order chi connectivity index (χ0) is 19.6. The average molecular weight is 396 g/mol. The minimum Gasteiger partial charge on any atom is -0.441 e. The summed E-state index contributed by atoms with van der Waals surface area (Å²) in [6.07, 6.45) is -0.398. The van der Waals surface area contributed by atoms with Gasteiger partial charge in [-0.1, -0.05) is 18.2 Å². The van der Waals surface area contributed by atoms with E-state index in [-0.39, 0.29) is 11.2 Å². The normalized spacial score (nSPS) is 34.7. The van der Waals surface area contributed by atoms with Gasteiger partial charge in [0.25, 0.3) is 5.97 Å². The number of fused-ring (bicyclic) bond motifs is 1. The van der Waals surface area contributed by atoms with Gasteiger partial charge in [-0.3, -0.25) is 10.1 Å². The molecule has 0 bridgehead atoms. The van der Waals surface area contributed by atoms with Crippen molar-refractivity contribution in [2.75, 3.05) is 18.7 Å². The maximum Gasteiger partial charge on any atom is 0.412 e. The molecular weight excluding hydrogens is 372 g/mol. The molecule has 9 heteroatoms. The number of hydrogen-bond donors (Lipinski definition) is 2. The zero-order valence-electron chi connectivity index (χ0n) is 15.6. The van der Waals surface area contributed by atoms with Crippen LogP contribution in [0.2, 0.25) is 0 Å². The standard InChI is InChI=1S/C18H24N2O6S/c1-10(21)19-12-13(24-17(22)20-11-8-6-5-7-9-11)14-15(16(12)27-4)26-18(2,23-3)25-14/h5-9,12-16H,1-4H3,(H,19,21)(H,20,22)/t12-,13+,14+,15+,16+,18?/m0/s1. The van der Waals surface area contributed by atoms with E-state index < -0.39 is 36.4 Å². The van der Waals surface area contributed by atoms with E-state index in [2.05, 4.69) is 10.6 Å². The van der Waals surface area contributed by atoms with Gasteiger partial charge in [-0.15, -0.1) is 0 Å². The number of amides is 2. The molecule has 1 aliphatic carbocycles. The van der Waals surface area contributed by atoms with Crippen molar-refractivity contribution in [1.82, 2.24) is 5.32 Å². The molecule has 2 amide bonds. The van der Waals surface area contributed by atoms with E-state index in [0.717, 1.165) is 0 Å². The Kier molecular flexibility index (Phi) is 5.95. The van der Waals surface area contributed by atoms with Gasteiger partial charge in [-0.2, -0.15) is 11.8 Å². The summed E-state index contributed by atoms with van der Waals surface area (Å²) in [5.41, 5.74) is 0.611. The average Bonchev–Trinajstić information content (AvgIpc) is 3.09. The number of carbonyl (C=O) groups excluding carboxylic acids is 2. The summed E-state index contributed by atoms with van der Waals surface area (Å²) in [6, 6.07) is 8.53. The van der Waals surface area contributed by atoms with E-state index in [1.807, 2.05) is 24.5 Å². The number of anilines is 1. The molecule has 2 fully saturated rings. The number of benzene rings is 1. The Bertz CT molecular complexity index is 690. The second-order valence-corrected chi connectivity index (χ2v) is 7.53. The third-order valence-corrected chi connectivity index (χ3v) is 5.76. The van der Waals surface area contributed by atoms with Crippen LogP contribution in [0, 0.1) is 0 Å². The quantitative estimate of drug-likeness (QED) is 0.785. The molecule has 1 aliphatic heterocycles. The van der Waals surface area contributed by atoms with Gasteiger partial charge in [0.15, 0.2) is 6.10 Å². The number of rotatable bonds is 5. The molecule has 27 heavy (non-hydrogen) atoms. The number of para-hydroxylation sites is 1. The number of thioether (sulfide) groups is 1. The first-order valence-corrected chi connectivity index (χ1v) is 9.89. The van der Waals surface area contributed by atoms with Crippen molar-refractivity contribution in [3.63, 3.8) is 0 Å². The highest BCUT2D eigenvalue weighted by Crippen LogP contribution is 2.44. The Morgan fingerprint density at radius 1 is 1.19 bits per heavy atom. The van der Waals surface area contributed by atoms with Crippen molar-refractivity contribution < 1.29 is 28.5 Å². The molecule has 6 atom stereocenters. The van der Waals surface area contributed by atoms with Crippen LogP contribution in [0.3, 0.4) is 0 Å². The molecule has 3 rings (SSSR count). The maximum absolute atomic E-state index is 12.4. The molecule has 2 aliphatic rings. The number of nitrogens with one attached hydrogen (secondary N) is 2. The highest BCUT2D eigenvalue weighted by molar-refractivity contribution is 7.99. The minimum absolute atomic E-state index is 0.162. The Hall–Kier alpha value is -1.81. The van der Waals surface area contributed by atoms with Gasteiger partial charge in [0, 0.05) is 26.6 Å². The van der Waals surface area contributed by atoms with E-state index in [4.69, 9.17) is 18.9 Å². The van der Waals surface area contributed by atoms with Crippen molar-refractivity contribution in [2.45, 2.75) is 49.4 Å². The summed E-state index contributed by atoms with van der Waals surface area (Å²) in [4.78, 5) is 24.1. The lowest BCUT2D eigenvalue weighted by atomic mass is 10.2. The summed E-state index contributed by atoms with van der Waals surface area (Å²) in [5, 5.41) is 5.39. The number of hydrogen-bond acceptors (Lipinski definition) is 7. The summed E-state index contributed by atoms with van der Waals surface area (Å²) >= 11 is 1.52. The van der Waals surface area contributed by atoms with Gasteiger partial charge < -0.3 is 24.3 Å². The predicted octanol–water partition coefficient (Wildman–Crippen LogP) is 1.96. The van der Waals surface area contributed by atoms with E-state index in [0.29, 0.717) is 5.69 Å². The number of ether oxygens (including phenoxy) is 4. The van der Waals surface area contributed by atoms with Gasteiger partial charge >= 0.3 is 6.09 Å². The molecule has 0 radical (unpaired) electrons. The van der Waals surface area contributed by atoms with Gasteiger partial charge in [-0.05, 0) is 18.4 Å². The first-order chi connectivity index (χ1) is 12.9. The summed E-state index contributed by atoms with van der Waals surface area (Å²) < 4.78 is 22.8. The molecule has 0 aromatic heterocycles. The van der Waals surface area contributed by atoms with Gasteiger partial charge in [0.05, 0.1) is 11.3 Å². The summed E-state index contributed by atoms with van der Waals surface area (Å²) in [5.74, 6) is -1.44. The largest absolute Gasteiger partial charge is 0.441 e. The van der Waals surface area contributed by atoms with Crippen molar-refractivity contribution in [3.05, 3.63) is 30.3 Å². The molecule has 1 saturated heterocycles. The Labute approximate surface area is 162 Å². The summed E-state index contributed by atoms with van der Waals surface area (Å²) in [7, 11) is 1.48. The predicted molar refractivity (Wildman–Crippen MR) is 100 cm³/mol. The highest BCUT2D eigenvalue weighted by Gasteiger charge is 2.62. The fraction of sp³-hybridized carbons (Fsp3) is 0.556. The smallest absolute Gasteiger partial charge is 0.412 e. The zero-order valence-corrected chi connectivity index (χ0v) is 16.4. The topological polar surface area (TPSA) is 95.1 Å². The van der Waals surface area contributed by atoms with Crippen LogP contribution in [0.1, 0.15) is 13.8 Å². The lowest BCUT2D eigenvalue weighted by Crippen LogP contribution is -2.50. The van der Waals surface area contributed by atoms with Crippen LogP contribution in [0.4, 0.5) is 10.5 Å². The van der Waals surface area contributed by atoms with E-state index in [1.54, 1.807) is 19.1 Å². The van der Waals surface area contributed by atoms with Gasteiger partial charge in [0.1, 0.15) is 12.2 Å². The van der Waals surface area contributed by atoms with Crippen LogP contribution in [-0.2, 0) is 23.7 Å². The number of carbonyl (C=O) groups is 2. The molecule has 1 saturated carbocycles. The van der Waals surface area contributed by atoms with Crippen LogP contribution in [0.5, 0.6) is 0 Å². The molecule has 148 valence electrons. The van der Waals surface area contributed by atoms with E-state index in [1.165, 1.54) is 25.8 Å². The monoisotopic (exact) mass is 396 g/mol. The van der Waals surface area contributed by atoms with Crippen molar-refractivity contribution >= 4 is 29.4 Å². The summed E-state index contributed by atoms with van der Waals surface area (Å²) in [6.45, 7) is 3.09. The fourth-order valence-electron chi connectivity index (χ4n) is 3.47. The Balaban J connectivity index is 1.79. The van der Waals surface area contributed by atoms with Crippen LogP contribution < -0.4 is 10.6 Å². The SMILES string of the molecule is COC1(C)O[C@@H]2[C@H](OC(=O)Nc3ccccc3)[C@H](NC(C)=O)[C@@H](SC)[C@@H]2O1. The number of methoxy groups -OCH3 is 1. The van der Waals surface area contributed by atoms with Crippen LogP contribution in [0.15, 0.2) is 30.3 Å². The second-order valence-electron chi connectivity index (χ2n) is 6.52. The Morgan fingerprint density at radius 3 is 2.44 bits per heavy atom. The first kappa shape index (κ1) is 19.9. The first-order valence-electron chi connectivity index (χ1n) is 8.60. The van der Waals surface area contributed by atoms with Crippen molar-refractivity contribution in [3.8, 4) is 0 Å². The van der Waals surface area contributed by atoms with Gasteiger partial charge in [-0.25, -0.2) is 4.79 Å². The molecule has 1 aromatic rings. The van der Waals surface area contributed by atoms with E-state index in [9.17, 15) is 9.59 Å². The minimum atomic E-state index is -1.22. The second kappa shape index (κ2) is 8.05. The molecule has 1 heterocycles. The highest BCUT2D eigenvalue weighted by atomic mass is 32.2. The third kappa shape index (κ3) is 4.21. The van der Waals surface area contributed by atoms with Crippen molar-refractivity contribution in [1.29, 1.82) is 0 Å². The maximum atomic E-state index is 12.4. The molecule has 8 nitrogen and oxygen atoms in total. The van der Waals surface area contributed by atoms with E-state index >= 15 is 0 Å². The molecule has 1 aromatic carbocycles.